The Kier molecular flexibility index (Phi) is 5.27. The Morgan fingerprint density at radius 1 is 1.00 bits per heavy atom. The zero-order valence-corrected chi connectivity index (χ0v) is 16.0. The number of phenols is 1. The molecule has 4 rings (SSSR count). The lowest BCUT2D eigenvalue weighted by molar-refractivity contribution is 0.251. The van der Waals surface area contributed by atoms with Crippen molar-refractivity contribution in [1.29, 1.82) is 0 Å². The summed E-state index contributed by atoms with van der Waals surface area (Å²) in [4.78, 5) is 20.9. The molecule has 2 aromatic heterocycles. The van der Waals surface area contributed by atoms with E-state index in [2.05, 4.69) is 20.6 Å². The van der Waals surface area contributed by atoms with Crippen molar-refractivity contribution in [1.82, 2.24) is 15.3 Å². The van der Waals surface area contributed by atoms with Crippen LogP contribution in [0.25, 0.3) is 22.0 Å². The van der Waals surface area contributed by atoms with Crippen LogP contribution in [0.5, 0.6) is 5.75 Å². The lowest BCUT2D eigenvalue weighted by Crippen LogP contribution is -2.28. The second-order valence-electron chi connectivity index (χ2n) is 6.33. The van der Waals surface area contributed by atoms with E-state index < -0.39 is 6.03 Å². The summed E-state index contributed by atoms with van der Waals surface area (Å²) in [5, 5.41) is 16.8. The van der Waals surface area contributed by atoms with E-state index in [9.17, 15) is 9.90 Å². The van der Waals surface area contributed by atoms with Crippen molar-refractivity contribution in [2.24, 2.45) is 0 Å². The fourth-order valence-corrected chi connectivity index (χ4v) is 3.33. The van der Waals surface area contributed by atoms with Gasteiger partial charge in [0.05, 0.1) is 22.9 Å². The van der Waals surface area contributed by atoms with Crippen molar-refractivity contribution in [3.05, 3.63) is 83.8 Å². The number of fused-ring (bicyclic) bond motifs is 1. The summed E-state index contributed by atoms with van der Waals surface area (Å²) >= 11 is 6.25. The number of phenolic OH excluding ortho intramolecular Hbond substituents is 1. The summed E-state index contributed by atoms with van der Waals surface area (Å²) < 4.78 is 0. The fraction of sp³-hybridized carbons (Fsp3) is 0.0455. The number of carbonyl (C=O) groups is 1. The van der Waals surface area contributed by atoms with Crippen LogP contribution in [0.15, 0.2) is 73.1 Å². The van der Waals surface area contributed by atoms with Crippen molar-refractivity contribution in [2.45, 2.75) is 6.54 Å². The molecule has 0 radical (unpaired) electrons. The fourth-order valence-electron chi connectivity index (χ4n) is 3.07. The van der Waals surface area contributed by atoms with Crippen molar-refractivity contribution in [3.8, 4) is 16.9 Å². The van der Waals surface area contributed by atoms with Crippen LogP contribution in [-0.2, 0) is 6.54 Å². The molecular weight excluding hydrogens is 388 g/mol. The van der Waals surface area contributed by atoms with Gasteiger partial charge in [-0.05, 0) is 29.8 Å². The first-order valence-corrected chi connectivity index (χ1v) is 9.31. The largest absolute Gasteiger partial charge is 0.504 e. The van der Waals surface area contributed by atoms with Gasteiger partial charge in [-0.1, -0.05) is 48.0 Å². The van der Waals surface area contributed by atoms with Crippen molar-refractivity contribution in [3.63, 3.8) is 0 Å². The molecule has 2 heterocycles. The lowest BCUT2D eigenvalue weighted by Gasteiger charge is -2.13. The maximum absolute atomic E-state index is 12.4. The number of nitrogens with zero attached hydrogens (tertiary/aromatic N) is 2. The highest BCUT2D eigenvalue weighted by atomic mass is 35.5. The lowest BCUT2D eigenvalue weighted by atomic mass is 10.0. The van der Waals surface area contributed by atoms with Crippen LogP contribution in [0.3, 0.4) is 0 Å². The topological polar surface area (TPSA) is 87.1 Å². The number of benzene rings is 2. The number of urea groups is 1. The normalized spacial score (nSPS) is 10.7. The number of hydrogen-bond donors (Lipinski definition) is 3. The maximum atomic E-state index is 12.4. The van der Waals surface area contributed by atoms with Crippen LogP contribution in [-0.4, -0.2) is 21.1 Å². The molecule has 0 atom stereocenters. The number of hydrogen-bond acceptors (Lipinski definition) is 4. The zero-order chi connectivity index (χ0) is 20.2. The number of aromatic hydroxyl groups is 1. The predicted octanol–water partition coefficient (Wildman–Crippen LogP) is 4.98. The minimum absolute atomic E-state index is 0.136. The van der Waals surface area contributed by atoms with Gasteiger partial charge in [0, 0.05) is 23.3 Å². The summed E-state index contributed by atoms with van der Waals surface area (Å²) in [6, 6.07) is 18.1. The number of rotatable bonds is 4. The Bertz CT molecular complexity index is 1180. The average molecular weight is 405 g/mol. The molecule has 144 valence electrons. The molecule has 4 aromatic rings. The van der Waals surface area contributed by atoms with E-state index in [0.717, 1.165) is 16.8 Å². The molecule has 2 aromatic carbocycles. The van der Waals surface area contributed by atoms with E-state index in [0.29, 0.717) is 15.9 Å². The minimum Gasteiger partial charge on any atom is -0.504 e. The molecule has 0 aliphatic heterocycles. The Labute approximate surface area is 172 Å². The first-order valence-electron chi connectivity index (χ1n) is 8.94. The molecule has 29 heavy (non-hydrogen) atoms. The summed E-state index contributed by atoms with van der Waals surface area (Å²) in [7, 11) is 0. The van der Waals surface area contributed by atoms with E-state index in [-0.39, 0.29) is 18.0 Å². The summed E-state index contributed by atoms with van der Waals surface area (Å²) in [5.74, 6) is -0.136. The van der Waals surface area contributed by atoms with Gasteiger partial charge in [0.25, 0.3) is 0 Å². The third-order valence-electron chi connectivity index (χ3n) is 4.46. The number of anilines is 1. The van der Waals surface area contributed by atoms with Crippen molar-refractivity contribution >= 4 is 34.2 Å². The van der Waals surface area contributed by atoms with Gasteiger partial charge >= 0.3 is 6.03 Å². The van der Waals surface area contributed by atoms with Crippen LogP contribution in [0, 0.1) is 0 Å². The highest BCUT2D eigenvalue weighted by molar-refractivity contribution is 6.36. The second-order valence-corrected chi connectivity index (χ2v) is 6.73. The number of nitrogens with one attached hydrogen (secondary N) is 2. The number of pyridine rings is 2. The molecule has 0 bridgehead atoms. The molecule has 0 aliphatic carbocycles. The van der Waals surface area contributed by atoms with Gasteiger partial charge in [0.2, 0.25) is 0 Å². The van der Waals surface area contributed by atoms with Crippen LogP contribution in [0.4, 0.5) is 10.5 Å². The van der Waals surface area contributed by atoms with E-state index in [1.807, 2.05) is 42.5 Å². The number of aromatic nitrogens is 2. The molecule has 0 saturated heterocycles. The Morgan fingerprint density at radius 2 is 1.76 bits per heavy atom. The molecule has 2 amide bonds. The highest BCUT2D eigenvalue weighted by Crippen LogP contribution is 2.36. The van der Waals surface area contributed by atoms with Crippen LogP contribution < -0.4 is 10.6 Å². The SMILES string of the molecule is O=C(NCc1ncccc1-c1ccccc1)Nc1cc(Cl)c2cccnc2c1O. The summed E-state index contributed by atoms with van der Waals surface area (Å²) in [6.07, 6.45) is 3.23. The first-order chi connectivity index (χ1) is 14.1. The monoisotopic (exact) mass is 404 g/mol. The minimum atomic E-state index is -0.490. The van der Waals surface area contributed by atoms with E-state index >= 15 is 0 Å². The van der Waals surface area contributed by atoms with Gasteiger partial charge < -0.3 is 15.7 Å². The number of amides is 2. The predicted molar refractivity (Wildman–Crippen MR) is 114 cm³/mol. The van der Waals surface area contributed by atoms with Gasteiger partial charge in [-0.25, -0.2) is 4.79 Å². The Balaban J connectivity index is 1.51. The molecule has 3 N–H and O–H groups in total. The molecule has 7 heteroatoms. The molecule has 0 aliphatic rings. The van der Waals surface area contributed by atoms with Gasteiger partial charge in [-0.3, -0.25) is 9.97 Å². The summed E-state index contributed by atoms with van der Waals surface area (Å²) in [6.45, 7) is 0.219. The molecule has 0 spiro atoms. The molecule has 0 saturated carbocycles. The van der Waals surface area contributed by atoms with Gasteiger partial charge in [-0.2, -0.15) is 0 Å². The summed E-state index contributed by atoms with van der Waals surface area (Å²) in [5.41, 5.74) is 3.20. The first kappa shape index (κ1) is 18.7. The third-order valence-corrected chi connectivity index (χ3v) is 4.77. The van der Waals surface area contributed by atoms with E-state index in [1.165, 1.54) is 6.07 Å². The molecule has 6 nitrogen and oxygen atoms in total. The quantitative estimate of drug-likeness (QED) is 0.419. The van der Waals surface area contributed by atoms with Crippen LogP contribution in [0.2, 0.25) is 5.02 Å². The smallest absolute Gasteiger partial charge is 0.319 e. The maximum Gasteiger partial charge on any atom is 0.319 e. The van der Waals surface area contributed by atoms with Crippen molar-refractivity contribution < 1.29 is 9.90 Å². The average Bonchev–Trinajstić information content (AvgIpc) is 2.77. The van der Waals surface area contributed by atoms with Gasteiger partial charge in [0.15, 0.2) is 5.75 Å². The Morgan fingerprint density at radius 3 is 2.59 bits per heavy atom. The van der Waals surface area contributed by atoms with Crippen LogP contribution >= 0.6 is 11.6 Å². The number of halogens is 1. The second kappa shape index (κ2) is 8.16. The van der Waals surface area contributed by atoms with Crippen molar-refractivity contribution in [2.75, 3.05) is 5.32 Å². The number of carbonyl (C=O) groups excluding carboxylic acids is 1. The van der Waals surface area contributed by atoms with Gasteiger partial charge in [-0.15, -0.1) is 0 Å². The third kappa shape index (κ3) is 3.97. The molecular formula is C22H17ClN4O2. The standard InChI is InChI=1S/C22H17ClN4O2/c23-17-12-18(21(28)20-16(17)9-5-11-25-20)27-22(29)26-13-19-15(8-4-10-24-19)14-6-2-1-3-7-14/h1-12,28H,13H2,(H2,26,27,29). The van der Waals surface area contributed by atoms with E-state index in [4.69, 9.17) is 11.6 Å². The van der Waals surface area contributed by atoms with Gasteiger partial charge in [0.1, 0.15) is 5.52 Å². The zero-order valence-electron chi connectivity index (χ0n) is 15.3. The molecule has 0 fully saturated rings. The highest BCUT2D eigenvalue weighted by Gasteiger charge is 2.14. The van der Waals surface area contributed by atoms with Crippen LogP contribution in [0.1, 0.15) is 5.69 Å². The van der Waals surface area contributed by atoms with E-state index in [1.54, 1.807) is 24.5 Å². The molecule has 0 unspecified atom stereocenters. The Hall–Kier alpha value is -3.64.